The number of sulfonamides is 1. The molecule has 0 unspecified atom stereocenters. The predicted molar refractivity (Wildman–Crippen MR) is 188 cm³/mol. The van der Waals surface area contributed by atoms with E-state index in [1.807, 2.05) is 6.07 Å². The Bertz CT molecular complexity index is 2040. The number of ether oxygens (including phenoxy) is 3. The predicted octanol–water partition coefficient (Wildman–Crippen LogP) is 5.66. The van der Waals surface area contributed by atoms with Gasteiger partial charge in [0.05, 0.1) is 57.1 Å². The van der Waals surface area contributed by atoms with E-state index in [9.17, 15) is 32.3 Å². The summed E-state index contributed by atoms with van der Waals surface area (Å²) in [7, 11) is -2.25. The number of allylic oxidation sites excluding steroid dienone is 1. The summed E-state index contributed by atoms with van der Waals surface area (Å²) in [5.41, 5.74) is 3.38. The third-order valence-electron chi connectivity index (χ3n) is 8.15. The summed E-state index contributed by atoms with van der Waals surface area (Å²) in [5, 5.41) is 12.9. The fourth-order valence-electron chi connectivity index (χ4n) is 5.50. The first-order valence-corrected chi connectivity index (χ1v) is 18.2. The number of aliphatic hydroxyl groups is 1. The SMILES string of the molecule is CCOC(=O)C(O)=CC(=O)c1ccc(COCCOCCN(c2cc3oc(-c4ccc(F)cc4)c(C(=O)NC)c3cc2C2CC2)S(C)(=O)=O)cc1. The molecule has 0 bridgehead atoms. The second-order valence-electron chi connectivity index (χ2n) is 11.9. The zero-order valence-corrected chi connectivity index (χ0v) is 29.3. The monoisotopic (exact) mass is 722 g/mol. The van der Waals surface area contributed by atoms with E-state index in [0.29, 0.717) is 22.2 Å². The number of benzene rings is 3. The molecule has 3 aromatic carbocycles. The number of anilines is 1. The maximum absolute atomic E-state index is 13.7. The van der Waals surface area contributed by atoms with Crippen molar-refractivity contribution in [3.05, 3.63) is 101 Å². The Morgan fingerprint density at radius 1 is 1.02 bits per heavy atom. The number of nitrogens with one attached hydrogen (secondary N) is 1. The van der Waals surface area contributed by atoms with E-state index in [2.05, 4.69) is 10.1 Å². The molecule has 1 aliphatic carbocycles. The Labute approximate surface area is 294 Å². The molecule has 1 fully saturated rings. The molecule has 2 N–H and O–H groups in total. The lowest BCUT2D eigenvalue weighted by Gasteiger charge is -2.25. The Morgan fingerprint density at radius 2 is 1.71 bits per heavy atom. The first kappa shape index (κ1) is 37.2. The lowest BCUT2D eigenvalue weighted by molar-refractivity contribution is -0.141. The lowest BCUT2D eigenvalue weighted by atomic mass is 10.0. The molecule has 0 aliphatic heterocycles. The van der Waals surface area contributed by atoms with Crippen LogP contribution in [-0.4, -0.2) is 77.5 Å². The van der Waals surface area contributed by atoms with Crippen LogP contribution in [0.4, 0.5) is 10.1 Å². The highest BCUT2D eigenvalue weighted by Gasteiger charge is 2.33. The van der Waals surface area contributed by atoms with Crippen LogP contribution in [0.3, 0.4) is 0 Å². The van der Waals surface area contributed by atoms with Gasteiger partial charge in [0, 0.05) is 35.7 Å². The fourth-order valence-corrected chi connectivity index (χ4v) is 6.42. The molecule has 0 atom stereocenters. The Hall–Kier alpha value is -5.05. The van der Waals surface area contributed by atoms with Gasteiger partial charge in [-0.3, -0.25) is 13.9 Å². The molecule has 0 saturated heterocycles. The normalized spacial score (nSPS) is 13.3. The molecule has 270 valence electrons. The lowest BCUT2D eigenvalue weighted by Crippen LogP contribution is -2.34. The van der Waals surface area contributed by atoms with Crippen molar-refractivity contribution in [1.82, 2.24) is 5.32 Å². The highest BCUT2D eigenvalue weighted by atomic mass is 32.2. The summed E-state index contributed by atoms with van der Waals surface area (Å²) in [4.78, 5) is 36.9. The number of furan rings is 1. The van der Waals surface area contributed by atoms with Gasteiger partial charge in [-0.25, -0.2) is 17.6 Å². The van der Waals surface area contributed by atoms with Crippen molar-refractivity contribution >= 4 is 44.3 Å². The Balaban J connectivity index is 1.22. The molecule has 0 radical (unpaired) electrons. The summed E-state index contributed by atoms with van der Waals surface area (Å²) in [6, 6.07) is 15.5. The Morgan fingerprint density at radius 3 is 2.33 bits per heavy atom. The molecule has 1 heterocycles. The van der Waals surface area contributed by atoms with Crippen molar-refractivity contribution in [2.24, 2.45) is 0 Å². The number of carbonyl (C=O) groups is 3. The minimum absolute atomic E-state index is 0.0214. The van der Waals surface area contributed by atoms with E-state index >= 15 is 0 Å². The van der Waals surface area contributed by atoms with Crippen LogP contribution in [0.25, 0.3) is 22.3 Å². The van der Waals surface area contributed by atoms with Gasteiger partial charge in [0.2, 0.25) is 15.8 Å². The van der Waals surface area contributed by atoms with Crippen molar-refractivity contribution < 1.29 is 50.9 Å². The number of hydrogen-bond acceptors (Lipinski definition) is 10. The van der Waals surface area contributed by atoms with Crippen LogP contribution in [0.2, 0.25) is 0 Å². The minimum atomic E-state index is -3.76. The number of fused-ring (bicyclic) bond motifs is 1. The number of nitrogens with zero attached hydrogens (tertiary/aromatic N) is 1. The molecular weight excluding hydrogens is 683 g/mol. The smallest absolute Gasteiger partial charge is 0.373 e. The van der Waals surface area contributed by atoms with Gasteiger partial charge in [-0.2, -0.15) is 0 Å². The van der Waals surface area contributed by atoms with Gasteiger partial charge in [-0.05, 0) is 67.1 Å². The van der Waals surface area contributed by atoms with E-state index in [-0.39, 0.29) is 68.3 Å². The van der Waals surface area contributed by atoms with Gasteiger partial charge < -0.3 is 29.1 Å². The minimum Gasteiger partial charge on any atom is -0.502 e. The largest absolute Gasteiger partial charge is 0.502 e. The maximum Gasteiger partial charge on any atom is 0.373 e. The van der Waals surface area contributed by atoms with Gasteiger partial charge in [0.15, 0.2) is 5.78 Å². The van der Waals surface area contributed by atoms with Gasteiger partial charge >= 0.3 is 5.97 Å². The van der Waals surface area contributed by atoms with E-state index < -0.39 is 33.4 Å². The molecular formula is C37H39FN2O10S. The molecule has 1 saturated carbocycles. The van der Waals surface area contributed by atoms with Gasteiger partial charge in [0.25, 0.3) is 5.91 Å². The van der Waals surface area contributed by atoms with Gasteiger partial charge in [0.1, 0.15) is 17.2 Å². The summed E-state index contributed by atoms with van der Waals surface area (Å²) < 4.78 is 63.4. The third kappa shape index (κ3) is 9.20. The number of amides is 1. The number of aliphatic hydroxyl groups excluding tert-OH is 1. The van der Waals surface area contributed by atoms with Crippen LogP contribution >= 0.6 is 0 Å². The number of esters is 1. The Kier molecular flexibility index (Phi) is 11.9. The van der Waals surface area contributed by atoms with E-state index in [0.717, 1.165) is 36.3 Å². The molecule has 5 rings (SSSR count). The van der Waals surface area contributed by atoms with Gasteiger partial charge in [-0.1, -0.05) is 24.3 Å². The van der Waals surface area contributed by atoms with E-state index in [4.69, 9.17) is 13.9 Å². The number of hydrogen-bond donors (Lipinski definition) is 2. The van der Waals surface area contributed by atoms with Crippen LogP contribution in [0.5, 0.6) is 0 Å². The van der Waals surface area contributed by atoms with E-state index in [1.54, 1.807) is 37.3 Å². The number of carbonyl (C=O) groups excluding carboxylic acids is 3. The summed E-state index contributed by atoms with van der Waals surface area (Å²) >= 11 is 0. The molecule has 1 aliphatic rings. The molecule has 51 heavy (non-hydrogen) atoms. The average molecular weight is 723 g/mol. The van der Waals surface area contributed by atoms with Crippen LogP contribution in [0, 0.1) is 5.82 Å². The summed E-state index contributed by atoms with van der Waals surface area (Å²) in [6.07, 6.45) is 3.67. The van der Waals surface area contributed by atoms with Crippen molar-refractivity contribution in [3.8, 4) is 11.3 Å². The highest BCUT2D eigenvalue weighted by Crippen LogP contribution is 2.48. The van der Waals surface area contributed by atoms with Crippen molar-refractivity contribution in [1.29, 1.82) is 0 Å². The topological polar surface area (TPSA) is 162 Å². The number of rotatable bonds is 17. The zero-order valence-electron chi connectivity index (χ0n) is 28.4. The fraction of sp³-hybridized carbons (Fsp3) is 0.324. The zero-order chi connectivity index (χ0) is 36.7. The molecule has 12 nitrogen and oxygen atoms in total. The van der Waals surface area contributed by atoms with E-state index in [1.165, 1.54) is 35.6 Å². The quantitative estimate of drug-likeness (QED) is 0.0457. The number of halogens is 1. The average Bonchev–Trinajstić information content (AvgIpc) is 3.89. The van der Waals surface area contributed by atoms with Crippen molar-refractivity contribution in [3.63, 3.8) is 0 Å². The van der Waals surface area contributed by atoms with Crippen molar-refractivity contribution in [2.75, 3.05) is 50.6 Å². The third-order valence-corrected chi connectivity index (χ3v) is 9.33. The second kappa shape index (κ2) is 16.3. The molecule has 0 spiro atoms. The molecule has 1 amide bonds. The molecule has 14 heteroatoms. The standard InChI is InChI=1S/C37H39FN2O10S/c1-4-49-37(44)32(42)21-31(41)25-7-5-23(6-8-25)22-48-18-17-47-16-15-40(51(3,45)46)30-20-33-29(19-28(30)24-9-10-24)34(36(43)39-2)35(50-33)26-11-13-27(38)14-12-26/h5-8,11-14,19-21,24,42H,4,9-10,15-18,22H2,1-3H3,(H,39,43). The second-order valence-corrected chi connectivity index (χ2v) is 13.8. The molecule has 4 aromatic rings. The first-order valence-electron chi connectivity index (χ1n) is 16.3. The van der Waals surface area contributed by atoms with Gasteiger partial charge in [-0.15, -0.1) is 0 Å². The first-order chi connectivity index (χ1) is 24.4. The van der Waals surface area contributed by atoms with Crippen LogP contribution in [0.1, 0.15) is 57.5 Å². The van der Waals surface area contributed by atoms with Crippen LogP contribution < -0.4 is 9.62 Å². The maximum atomic E-state index is 13.7. The summed E-state index contributed by atoms with van der Waals surface area (Å²) in [5.74, 6) is -2.75. The van der Waals surface area contributed by atoms with Crippen molar-refractivity contribution in [2.45, 2.75) is 32.3 Å². The van der Waals surface area contributed by atoms with Crippen LogP contribution in [0.15, 0.2) is 76.9 Å². The van der Waals surface area contributed by atoms with Crippen LogP contribution in [-0.2, 0) is 35.6 Å². The number of ketones is 1. The highest BCUT2D eigenvalue weighted by molar-refractivity contribution is 7.92. The molecule has 1 aromatic heterocycles. The summed E-state index contributed by atoms with van der Waals surface area (Å²) in [6.45, 7) is 2.38.